The van der Waals surface area contributed by atoms with Gasteiger partial charge in [-0.15, -0.1) is 0 Å². The summed E-state index contributed by atoms with van der Waals surface area (Å²) < 4.78 is 0. The van der Waals surface area contributed by atoms with Gasteiger partial charge in [0, 0.05) is 12.4 Å². The zero-order valence-electron chi connectivity index (χ0n) is 7.33. The first kappa shape index (κ1) is 7.35. The maximum atomic E-state index is 4.33. The second-order valence-corrected chi connectivity index (χ2v) is 3.33. The molecule has 0 aliphatic heterocycles. The molecule has 2 rings (SSSR count). The van der Waals surface area contributed by atoms with Gasteiger partial charge in [-0.3, -0.25) is 4.98 Å². The third kappa shape index (κ3) is 1.09. The van der Waals surface area contributed by atoms with Crippen molar-refractivity contribution in [1.29, 1.82) is 0 Å². The lowest BCUT2D eigenvalue weighted by atomic mass is 10.1. The Labute approximate surface area is 71.6 Å². The van der Waals surface area contributed by atoms with E-state index in [4.69, 9.17) is 0 Å². The van der Waals surface area contributed by atoms with Gasteiger partial charge in [0.05, 0.1) is 11.0 Å². The predicted octanol–water partition coefficient (Wildman–Crippen LogP) is 2.69. The van der Waals surface area contributed by atoms with E-state index in [0.717, 1.165) is 11.0 Å². The standard InChI is InChI=1S/C10H12N2/c1-7(2)8-5-10-9(12-6-8)3-4-11-10/h3-7,11H,1-2H3. The highest BCUT2D eigenvalue weighted by Crippen LogP contribution is 2.17. The summed E-state index contributed by atoms with van der Waals surface area (Å²) in [5.74, 6) is 0.546. The molecule has 0 bridgehead atoms. The van der Waals surface area contributed by atoms with E-state index in [0.29, 0.717) is 5.92 Å². The average molecular weight is 160 g/mol. The molecule has 0 atom stereocenters. The lowest BCUT2D eigenvalue weighted by Gasteiger charge is -2.03. The molecule has 0 aromatic carbocycles. The van der Waals surface area contributed by atoms with E-state index in [1.54, 1.807) is 0 Å². The van der Waals surface area contributed by atoms with E-state index in [-0.39, 0.29) is 0 Å². The third-order valence-electron chi connectivity index (χ3n) is 2.09. The number of aromatic amines is 1. The summed E-state index contributed by atoms with van der Waals surface area (Å²) in [5.41, 5.74) is 3.45. The zero-order valence-corrected chi connectivity index (χ0v) is 7.33. The van der Waals surface area contributed by atoms with Crippen molar-refractivity contribution in [1.82, 2.24) is 9.97 Å². The quantitative estimate of drug-likeness (QED) is 0.682. The van der Waals surface area contributed by atoms with Gasteiger partial charge in [-0.1, -0.05) is 13.8 Å². The van der Waals surface area contributed by atoms with Crippen molar-refractivity contribution in [2.75, 3.05) is 0 Å². The molecule has 2 heterocycles. The molecule has 0 saturated carbocycles. The number of nitrogens with zero attached hydrogens (tertiary/aromatic N) is 1. The number of fused-ring (bicyclic) bond motifs is 1. The third-order valence-corrected chi connectivity index (χ3v) is 2.09. The Kier molecular flexibility index (Phi) is 1.61. The van der Waals surface area contributed by atoms with Crippen molar-refractivity contribution in [3.8, 4) is 0 Å². The molecular weight excluding hydrogens is 148 g/mol. The monoisotopic (exact) mass is 160 g/mol. The number of rotatable bonds is 1. The molecule has 0 amide bonds. The smallest absolute Gasteiger partial charge is 0.0878 e. The number of hydrogen-bond acceptors (Lipinski definition) is 1. The lowest BCUT2D eigenvalue weighted by Crippen LogP contribution is -1.88. The van der Waals surface area contributed by atoms with Gasteiger partial charge in [0.15, 0.2) is 0 Å². The molecule has 62 valence electrons. The highest BCUT2D eigenvalue weighted by molar-refractivity contribution is 5.75. The largest absolute Gasteiger partial charge is 0.360 e. The van der Waals surface area contributed by atoms with Crippen LogP contribution in [0.3, 0.4) is 0 Å². The van der Waals surface area contributed by atoms with Crippen molar-refractivity contribution in [3.05, 3.63) is 30.1 Å². The number of H-pyrrole nitrogens is 1. The van der Waals surface area contributed by atoms with Crippen LogP contribution in [0.4, 0.5) is 0 Å². The average Bonchev–Trinajstić information content (AvgIpc) is 2.49. The highest BCUT2D eigenvalue weighted by atomic mass is 14.7. The Morgan fingerprint density at radius 1 is 1.42 bits per heavy atom. The van der Waals surface area contributed by atoms with Crippen molar-refractivity contribution in [2.24, 2.45) is 0 Å². The fourth-order valence-corrected chi connectivity index (χ4v) is 1.27. The first-order valence-corrected chi connectivity index (χ1v) is 4.20. The fourth-order valence-electron chi connectivity index (χ4n) is 1.27. The first-order valence-electron chi connectivity index (χ1n) is 4.20. The van der Waals surface area contributed by atoms with Gasteiger partial charge in [-0.25, -0.2) is 0 Å². The van der Waals surface area contributed by atoms with E-state index in [2.05, 4.69) is 29.9 Å². The maximum Gasteiger partial charge on any atom is 0.0878 e. The van der Waals surface area contributed by atoms with Crippen LogP contribution in [0.25, 0.3) is 11.0 Å². The van der Waals surface area contributed by atoms with Gasteiger partial charge in [0.2, 0.25) is 0 Å². The van der Waals surface area contributed by atoms with Crippen LogP contribution in [0.2, 0.25) is 0 Å². The molecule has 2 heteroatoms. The van der Waals surface area contributed by atoms with Crippen molar-refractivity contribution in [2.45, 2.75) is 19.8 Å². The molecular formula is C10H12N2. The predicted molar refractivity (Wildman–Crippen MR) is 50.2 cm³/mol. The number of hydrogen-bond donors (Lipinski definition) is 1. The summed E-state index contributed by atoms with van der Waals surface area (Å²) in [5, 5.41) is 0. The Bertz CT molecular complexity index is 387. The summed E-state index contributed by atoms with van der Waals surface area (Å²) in [6.45, 7) is 4.34. The minimum absolute atomic E-state index is 0.546. The molecule has 2 aromatic rings. The number of nitrogens with one attached hydrogen (secondary N) is 1. The zero-order chi connectivity index (χ0) is 8.55. The summed E-state index contributed by atoms with van der Waals surface area (Å²) >= 11 is 0. The van der Waals surface area contributed by atoms with Gasteiger partial charge in [-0.2, -0.15) is 0 Å². The minimum Gasteiger partial charge on any atom is -0.360 e. The number of pyridine rings is 1. The van der Waals surface area contributed by atoms with Gasteiger partial charge < -0.3 is 4.98 Å². The summed E-state index contributed by atoms with van der Waals surface area (Å²) in [6, 6.07) is 4.15. The van der Waals surface area contributed by atoms with Gasteiger partial charge >= 0.3 is 0 Å². The van der Waals surface area contributed by atoms with Gasteiger partial charge in [0.1, 0.15) is 0 Å². The molecule has 0 radical (unpaired) electrons. The molecule has 0 aliphatic rings. The fraction of sp³-hybridized carbons (Fsp3) is 0.300. The Hall–Kier alpha value is -1.31. The van der Waals surface area contributed by atoms with Crippen LogP contribution in [0.15, 0.2) is 24.5 Å². The Morgan fingerprint density at radius 2 is 2.25 bits per heavy atom. The van der Waals surface area contributed by atoms with Gasteiger partial charge in [0.25, 0.3) is 0 Å². The topological polar surface area (TPSA) is 28.7 Å². The second-order valence-electron chi connectivity index (χ2n) is 3.33. The van der Waals surface area contributed by atoms with Crippen molar-refractivity contribution in [3.63, 3.8) is 0 Å². The molecule has 0 aliphatic carbocycles. The van der Waals surface area contributed by atoms with Crippen LogP contribution >= 0.6 is 0 Å². The second kappa shape index (κ2) is 2.63. The molecule has 0 fully saturated rings. The van der Waals surface area contributed by atoms with Crippen molar-refractivity contribution >= 4 is 11.0 Å². The molecule has 0 saturated heterocycles. The highest BCUT2D eigenvalue weighted by Gasteiger charge is 2.01. The van der Waals surface area contributed by atoms with E-state index in [9.17, 15) is 0 Å². The van der Waals surface area contributed by atoms with Crippen LogP contribution in [-0.2, 0) is 0 Å². The minimum atomic E-state index is 0.546. The summed E-state index contributed by atoms with van der Waals surface area (Å²) in [4.78, 5) is 7.48. The van der Waals surface area contributed by atoms with Crippen LogP contribution in [0, 0.1) is 0 Å². The molecule has 2 aromatic heterocycles. The molecule has 1 N–H and O–H groups in total. The van der Waals surface area contributed by atoms with E-state index in [1.807, 2.05) is 18.5 Å². The van der Waals surface area contributed by atoms with Gasteiger partial charge in [-0.05, 0) is 23.6 Å². The van der Waals surface area contributed by atoms with E-state index >= 15 is 0 Å². The molecule has 12 heavy (non-hydrogen) atoms. The maximum absolute atomic E-state index is 4.33. The van der Waals surface area contributed by atoms with Crippen LogP contribution in [-0.4, -0.2) is 9.97 Å². The summed E-state index contributed by atoms with van der Waals surface area (Å²) in [6.07, 6.45) is 3.86. The van der Waals surface area contributed by atoms with Crippen molar-refractivity contribution < 1.29 is 0 Å². The van der Waals surface area contributed by atoms with Crippen LogP contribution in [0.5, 0.6) is 0 Å². The summed E-state index contributed by atoms with van der Waals surface area (Å²) in [7, 11) is 0. The Balaban J connectivity index is 2.60. The van der Waals surface area contributed by atoms with Crippen LogP contribution in [0.1, 0.15) is 25.3 Å². The molecule has 0 unspecified atom stereocenters. The first-order chi connectivity index (χ1) is 5.77. The molecule has 0 spiro atoms. The van der Waals surface area contributed by atoms with E-state index < -0.39 is 0 Å². The normalized spacial score (nSPS) is 11.2. The number of aromatic nitrogens is 2. The van der Waals surface area contributed by atoms with Crippen LogP contribution < -0.4 is 0 Å². The molecule has 2 nitrogen and oxygen atoms in total. The Morgan fingerprint density at radius 3 is 3.00 bits per heavy atom. The lowest BCUT2D eigenvalue weighted by molar-refractivity contribution is 0.861. The SMILES string of the molecule is CC(C)c1cnc2cc[nH]c2c1. The van der Waals surface area contributed by atoms with E-state index in [1.165, 1.54) is 5.56 Å².